The third kappa shape index (κ3) is 4.19. The van der Waals surface area contributed by atoms with Crippen molar-refractivity contribution in [1.82, 2.24) is 4.57 Å². The summed E-state index contributed by atoms with van der Waals surface area (Å²) in [6, 6.07) is 60.0. The highest BCUT2D eigenvalue weighted by Gasteiger charge is 2.40. The molecule has 246 valence electrons. The maximum absolute atomic E-state index is 6.94. The monoisotopic (exact) mass is 677 g/mol. The Morgan fingerprint density at radius 1 is 0.415 bits per heavy atom. The number of furan rings is 1. The average Bonchev–Trinajstić information content (AvgIpc) is 3.76. The summed E-state index contributed by atoms with van der Waals surface area (Å²) in [5.41, 5.74) is 14.1. The van der Waals surface area contributed by atoms with Crippen LogP contribution in [0.3, 0.4) is 0 Å². The van der Waals surface area contributed by atoms with Crippen LogP contribution in [-0.4, -0.2) is 11.5 Å². The maximum Gasteiger partial charge on any atom is 0.434 e. The minimum atomic E-state index is -0.278. The first kappa shape index (κ1) is 28.7. The second-order valence-corrected chi connectivity index (χ2v) is 14.0. The number of benzene rings is 8. The van der Waals surface area contributed by atoms with Gasteiger partial charge < -0.3 is 18.4 Å². The van der Waals surface area contributed by atoms with E-state index < -0.39 is 0 Å². The Morgan fingerprint density at radius 3 is 1.89 bits per heavy atom. The van der Waals surface area contributed by atoms with Crippen LogP contribution >= 0.6 is 0 Å². The molecule has 0 saturated carbocycles. The summed E-state index contributed by atoms with van der Waals surface area (Å²) in [6.07, 6.45) is 0. The van der Waals surface area contributed by atoms with E-state index in [1.807, 2.05) is 12.1 Å². The molecule has 4 heterocycles. The van der Waals surface area contributed by atoms with Crippen LogP contribution in [0.1, 0.15) is 0 Å². The number of hydrogen-bond donors (Lipinski definition) is 0. The molecule has 2 aliphatic heterocycles. The fourth-order valence-electron chi connectivity index (χ4n) is 8.61. The van der Waals surface area contributed by atoms with Crippen LogP contribution in [0, 0.1) is 0 Å². The molecule has 53 heavy (non-hydrogen) atoms. The third-order valence-corrected chi connectivity index (χ3v) is 11.1. The van der Waals surface area contributed by atoms with Gasteiger partial charge in [0, 0.05) is 43.7 Å². The van der Waals surface area contributed by atoms with E-state index in [2.05, 4.69) is 162 Å². The molecule has 4 nitrogen and oxygen atoms in total. The zero-order valence-corrected chi connectivity index (χ0v) is 28.4. The van der Waals surface area contributed by atoms with Crippen molar-refractivity contribution in [1.29, 1.82) is 0 Å². The Kier molecular flexibility index (Phi) is 5.83. The number of rotatable bonds is 3. The van der Waals surface area contributed by atoms with E-state index in [-0.39, 0.29) is 6.92 Å². The van der Waals surface area contributed by atoms with E-state index in [0.29, 0.717) is 0 Å². The minimum Gasteiger partial charge on any atom is -0.551 e. The van der Waals surface area contributed by atoms with Gasteiger partial charge in [0.15, 0.2) is 0 Å². The molecular formula is C48H28BNO3. The summed E-state index contributed by atoms with van der Waals surface area (Å²) in [5.74, 6) is 2.53. The molecule has 8 aromatic carbocycles. The Morgan fingerprint density at radius 2 is 1.06 bits per heavy atom. The molecule has 0 unspecified atom stereocenters. The Labute approximate surface area is 305 Å². The van der Waals surface area contributed by atoms with Gasteiger partial charge in [0.25, 0.3) is 0 Å². The number of fused-ring (bicyclic) bond motifs is 10. The van der Waals surface area contributed by atoms with Crippen molar-refractivity contribution in [3.05, 3.63) is 170 Å². The topological polar surface area (TPSA) is 36.5 Å². The number of ether oxygens (including phenoxy) is 1. The van der Waals surface area contributed by atoms with Gasteiger partial charge in [-0.3, -0.25) is 0 Å². The number of aromatic nitrogens is 1. The van der Waals surface area contributed by atoms with Crippen molar-refractivity contribution < 1.29 is 13.8 Å². The standard InChI is InChI=1S/C48H28BNO3/c1-4-12-41-34(8-1)35-9-2-5-13-42(35)50(41)33-21-16-29(17-22-33)31-19-24-40-47(28-31)52-45-15-7-11-38-37-23-18-32(27-46(37)53-49(40)48(38)45)30-20-25-44-39(26-30)36-10-3-6-14-43(36)51-44/h1-28H. The Hall–Kier alpha value is -6.98. The van der Waals surface area contributed by atoms with Crippen LogP contribution in [0.4, 0.5) is 0 Å². The predicted molar refractivity (Wildman–Crippen MR) is 217 cm³/mol. The molecule has 2 aromatic heterocycles. The van der Waals surface area contributed by atoms with Crippen LogP contribution < -0.4 is 20.3 Å². The van der Waals surface area contributed by atoms with Crippen molar-refractivity contribution in [3.63, 3.8) is 0 Å². The lowest BCUT2D eigenvalue weighted by molar-refractivity contribution is 0.479. The molecule has 5 heteroatoms. The van der Waals surface area contributed by atoms with Crippen LogP contribution in [0.15, 0.2) is 174 Å². The van der Waals surface area contributed by atoms with Gasteiger partial charge in [-0.25, -0.2) is 0 Å². The molecule has 0 bridgehead atoms. The van der Waals surface area contributed by atoms with Crippen molar-refractivity contribution in [2.24, 2.45) is 0 Å². The van der Waals surface area contributed by atoms with E-state index in [4.69, 9.17) is 13.8 Å². The van der Waals surface area contributed by atoms with Gasteiger partial charge in [-0.2, -0.15) is 0 Å². The zero-order valence-electron chi connectivity index (χ0n) is 28.4. The summed E-state index contributed by atoms with van der Waals surface area (Å²) < 4.78 is 22.0. The minimum absolute atomic E-state index is 0.278. The van der Waals surface area contributed by atoms with E-state index in [1.54, 1.807) is 0 Å². The summed E-state index contributed by atoms with van der Waals surface area (Å²) in [4.78, 5) is 0. The lowest BCUT2D eigenvalue weighted by Gasteiger charge is -2.33. The van der Waals surface area contributed by atoms with Crippen LogP contribution in [0.2, 0.25) is 0 Å². The molecule has 0 spiro atoms. The largest absolute Gasteiger partial charge is 0.551 e. The second-order valence-electron chi connectivity index (χ2n) is 14.0. The van der Waals surface area contributed by atoms with Crippen molar-refractivity contribution in [2.75, 3.05) is 0 Å². The first-order valence-electron chi connectivity index (χ1n) is 18.0. The predicted octanol–water partition coefficient (Wildman–Crippen LogP) is 11.3. The number of nitrogens with zero attached hydrogens (tertiary/aromatic N) is 1. The van der Waals surface area contributed by atoms with Crippen molar-refractivity contribution in [2.45, 2.75) is 0 Å². The highest BCUT2D eigenvalue weighted by atomic mass is 16.5. The van der Waals surface area contributed by atoms with Gasteiger partial charge in [0.2, 0.25) is 0 Å². The normalized spacial score (nSPS) is 12.8. The van der Waals surface area contributed by atoms with Gasteiger partial charge in [-0.1, -0.05) is 109 Å². The van der Waals surface area contributed by atoms with E-state index >= 15 is 0 Å². The van der Waals surface area contributed by atoms with Gasteiger partial charge in [0.1, 0.15) is 28.4 Å². The van der Waals surface area contributed by atoms with Crippen LogP contribution in [-0.2, 0) is 0 Å². The molecule has 0 radical (unpaired) electrons. The smallest absolute Gasteiger partial charge is 0.434 e. The Balaban J connectivity index is 0.907. The fourth-order valence-corrected chi connectivity index (χ4v) is 8.61. The number of para-hydroxylation sites is 3. The highest BCUT2D eigenvalue weighted by molar-refractivity contribution is 6.84. The summed E-state index contributed by atoms with van der Waals surface area (Å²) in [5, 5.41) is 4.76. The van der Waals surface area contributed by atoms with Crippen LogP contribution in [0.25, 0.3) is 82.8 Å². The van der Waals surface area contributed by atoms with Crippen molar-refractivity contribution >= 4 is 61.6 Å². The van der Waals surface area contributed by atoms with E-state index in [9.17, 15) is 0 Å². The van der Waals surface area contributed by atoms with E-state index in [1.165, 1.54) is 21.8 Å². The average molecular weight is 678 g/mol. The van der Waals surface area contributed by atoms with Crippen molar-refractivity contribution in [3.8, 4) is 56.3 Å². The molecule has 0 aliphatic carbocycles. The maximum atomic E-state index is 6.94. The zero-order chi connectivity index (χ0) is 34.6. The second kappa shape index (κ2) is 10.8. The van der Waals surface area contributed by atoms with Gasteiger partial charge >= 0.3 is 6.92 Å². The van der Waals surface area contributed by atoms with Gasteiger partial charge in [0.05, 0.1) is 11.0 Å². The molecule has 0 fully saturated rings. The van der Waals surface area contributed by atoms with Crippen LogP contribution in [0.5, 0.6) is 17.2 Å². The molecule has 12 rings (SSSR count). The first-order valence-corrected chi connectivity index (χ1v) is 18.0. The van der Waals surface area contributed by atoms with Gasteiger partial charge in [-0.15, -0.1) is 0 Å². The molecule has 0 N–H and O–H groups in total. The summed E-state index contributed by atoms with van der Waals surface area (Å²) in [6.45, 7) is -0.278. The van der Waals surface area contributed by atoms with Gasteiger partial charge in [-0.05, 0) is 88.5 Å². The fraction of sp³-hybridized carbons (Fsp3) is 0. The molecule has 10 aromatic rings. The highest BCUT2D eigenvalue weighted by Crippen LogP contribution is 2.42. The summed E-state index contributed by atoms with van der Waals surface area (Å²) >= 11 is 0. The summed E-state index contributed by atoms with van der Waals surface area (Å²) in [7, 11) is 0. The van der Waals surface area contributed by atoms with E-state index in [0.717, 1.165) is 89.2 Å². The Bertz CT molecular complexity index is 3080. The SMILES string of the molecule is c1cc2c3c(c1)-c1ccc(-c4ccc5oc6ccccc6c5c4)cc1OB3c1ccc(-c3ccc(-n4c5ccccc5c5ccccc54)cc3)cc1O2. The quantitative estimate of drug-likeness (QED) is 0.175. The lowest BCUT2D eigenvalue weighted by Crippen LogP contribution is -2.53. The first-order chi connectivity index (χ1) is 26.2. The molecule has 2 aliphatic rings. The number of hydrogen-bond acceptors (Lipinski definition) is 3. The molecular weight excluding hydrogens is 649 g/mol. The molecule has 0 amide bonds. The lowest BCUT2D eigenvalue weighted by atomic mass is 9.51. The third-order valence-electron chi connectivity index (χ3n) is 11.1. The molecule has 0 saturated heterocycles. The molecule has 0 atom stereocenters.